The first-order chi connectivity index (χ1) is 28.7. The first-order valence-corrected chi connectivity index (χ1v) is 19.7. The molecule has 2 heterocycles. The Bertz CT molecular complexity index is 2660. The Balaban J connectivity index is 1.34. The third-order valence-corrected chi connectivity index (χ3v) is 12.2. The standard InChI is InChI=1S/C50H46N2O7/c1-49(2)41-24-30(29-51)8-17-36(41)45-39-28-42(54-4)38(31-25-43(55-5)48(57-7)44(26-31)56-6)27-40(39)47-37(46(45)49)18-19-50(59-47,33-11-15-35(53-3)16-12-33)32-9-13-34(14-10-32)52-20-22-58-23-21-52/h8-19,24-28H,20-23H2,1-7H3. The third kappa shape index (κ3) is 5.92. The molecule has 9 nitrogen and oxygen atoms in total. The number of anilines is 1. The molecule has 1 aliphatic carbocycles. The minimum absolute atomic E-state index is 0.466. The molecule has 1 atom stereocenters. The summed E-state index contributed by atoms with van der Waals surface area (Å²) in [5, 5.41) is 11.9. The van der Waals surface area contributed by atoms with Crippen molar-refractivity contribution in [1.29, 1.82) is 5.26 Å². The van der Waals surface area contributed by atoms with Crippen LogP contribution in [0.2, 0.25) is 0 Å². The fraction of sp³-hybridized carbons (Fsp3) is 0.260. The number of benzene rings is 6. The van der Waals surface area contributed by atoms with E-state index in [1.165, 1.54) is 0 Å². The normalized spacial score (nSPS) is 17.3. The minimum atomic E-state index is -1.01. The lowest BCUT2D eigenvalue weighted by atomic mass is 9.76. The number of hydrogen-bond donors (Lipinski definition) is 0. The lowest BCUT2D eigenvalue weighted by molar-refractivity contribution is 0.122. The maximum Gasteiger partial charge on any atom is 0.203 e. The van der Waals surface area contributed by atoms with E-state index in [2.05, 4.69) is 91.6 Å². The van der Waals surface area contributed by atoms with Crippen molar-refractivity contribution in [2.45, 2.75) is 24.9 Å². The molecule has 9 heteroatoms. The topological polar surface area (TPSA) is 91.6 Å². The van der Waals surface area contributed by atoms with Crippen molar-refractivity contribution >= 4 is 22.5 Å². The minimum Gasteiger partial charge on any atom is -0.497 e. The highest BCUT2D eigenvalue weighted by Gasteiger charge is 2.45. The number of ether oxygens (including phenoxy) is 7. The predicted octanol–water partition coefficient (Wildman–Crippen LogP) is 9.91. The van der Waals surface area contributed by atoms with E-state index in [0.717, 1.165) is 91.1 Å². The highest BCUT2D eigenvalue weighted by atomic mass is 16.5. The van der Waals surface area contributed by atoms with Gasteiger partial charge in [0.1, 0.15) is 17.2 Å². The number of nitriles is 1. The monoisotopic (exact) mass is 786 g/mol. The van der Waals surface area contributed by atoms with E-state index >= 15 is 0 Å². The second-order valence-corrected chi connectivity index (χ2v) is 15.5. The van der Waals surface area contributed by atoms with Crippen molar-refractivity contribution in [2.75, 3.05) is 66.8 Å². The van der Waals surface area contributed by atoms with E-state index < -0.39 is 11.0 Å². The molecular formula is C50H46N2O7. The molecule has 0 aromatic heterocycles. The van der Waals surface area contributed by atoms with Crippen LogP contribution in [-0.4, -0.2) is 61.9 Å². The molecule has 9 rings (SSSR count). The molecule has 0 bridgehead atoms. The quantitative estimate of drug-likeness (QED) is 0.142. The van der Waals surface area contributed by atoms with Gasteiger partial charge in [-0.2, -0.15) is 5.26 Å². The lowest BCUT2D eigenvalue weighted by Crippen LogP contribution is -2.37. The van der Waals surface area contributed by atoms with Crippen molar-refractivity contribution in [3.8, 4) is 62.8 Å². The summed E-state index contributed by atoms with van der Waals surface area (Å²) in [6, 6.07) is 33.3. The van der Waals surface area contributed by atoms with Crippen LogP contribution >= 0.6 is 0 Å². The summed E-state index contributed by atoms with van der Waals surface area (Å²) in [5.41, 5.74) is 9.25. The molecule has 3 aliphatic rings. The van der Waals surface area contributed by atoms with Crippen LogP contribution in [0.4, 0.5) is 5.69 Å². The zero-order valence-corrected chi connectivity index (χ0v) is 34.4. The van der Waals surface area contributed by atoms with Gasteiger partial charge in [0.25, 0.3) is 0 Å². The molecule has 0 saturated carbocycles. The number of hydrogen-bond acceptors (Lipinski definition) is 9. The van der Waals surface area contributed by atoms with Gasteiger partial charge in [0.2, 0.25) is 5.75 Å². The summed E-state index contributed by atoms with van der Waals surface area (Å²) in [6.07, 6.45) is 4.43. The van der Waals surface area contributed by atoms with E-state index in [-0.39, 0.29) is 0 Å². The van der Waals surface area contributed by atoms with Crippen LogP contribution in [0, 0.1) is 11.3 Å². The van der Waals surface area contributed by atoms with Crippen LogP contribution in [0.5, 0.6) is 34.5 Å². The van der Waals surface area contributed by atoms with Crippen LogP contribution in [0.25, 0.3) is 39.1 Å². The Kier molecular flexibility index (Phi) is 9.41. The zero-order chi connectivity index (χ0) is 41.1. The number of nitrogens with zero attached hydrogens (tertiary/aromatic N) is 2. The maximum atomic E-state index is 9.99. The van der Waals surface area contributed by atoms with Crippen molar-refractivity contribution in [3.05, 3.63) is 130 Å². The summed E-state index contributed by atoms with van der Waals surface area (Å²) in [4.78, 5) is 2.35. The van der Waals surface area contributed by atoms with E-state index in [0.29, 0.717) is 41.8 Å². The molecule has 1 fully saturated rings. The Labute approximate surface area is 344 Å². The Morgan fingerprint density at radius 2 is 1.34 bits per heavy atom. The average Bonchev–Trinajstić information content (AvgIpc) is 3.53. The molecule has 59 heavy (non-hydrogen) atoms. The van der Waals surface area contributed by atoms with Crippen molar-refractivity contribution < 1.29 is 33.2 Å². The maximum absolute atomic E-state index is 9.99. The van der Waals surface area contributed by atoms with Crippen molar-refractivity contribution in [1.82, 2.24) is 0 Å². The third-order valence-electron chi connectivity index (χ3n) is 12.2. The largest absolute Gasteiger partial charge is 0.497 e. The van der Waals surface area contributed by atoms with Crippen LogP contribution < -0.4 is 33.3 Å². The molecule has 0 N–H and O–H groups in total. The number of rotatable bonds is 9. The Hall–Kier alpha value is -6.63. The summed E-state index contributed by atoms with van der Waals surface area (Å²) in [7, 11) is 8.18. The summed E-state index contributed by atoms with van der Waals surface area (Å²) in [5.74, 6) is 3.73. The van der Waals surface area contributed by atoms with Crippen molar-refractivity contribution in [2.24, 2.45) is 0 Å². The molecule has 6 aromatic rings. The van der Waals surface area contributed by atoms with Gasteiger partial charge >= 0.3 is 0 Å². The molecule has 298 valence electrons. The second kappa shape index (κ2) is 14.6. The van der Waals surface area contributed by atoms with Gasteiger partial charge in [0.15, 0.2) is 17.1 Å². The highest BCUT2D eigenvalue weighted by molar-refractivity contribution is 6.10. The fourth-order valence-corrected chi connectivity index (χ4v) is 9.27. The van der Waals surface area contributed by atoms with Gasteiger partial charge in [-0.05, 0) is 99.9 Å². The van der Waals surface area contributed by atoms with E-state index in [4.69, 9.17) is 33.2 Å². The van der Waals surface area contributed by atoms with Gasteiger partial charge in [-0.3, -0.25) is 0 Å². The fourth-order valence-electron chi connectivity index (χ4n) is 9.27. The Morgan fingerprint density at radius 1 is 0.678 bits per heavy atom. The molecule has 0 spiro atoms. The first-order valence-electron chi connectivity index (χ1n) is 19.7. The van der Waals surface area contributed by atoms with E-state index in [1.807, 2.05) is 36.4 Å². The summed E-state index contributed by atoms with van der Waals surface area (Å²) in [6.45, 7) is 7.56. The number of fused-ring (bicyclic) bond motifs is 8. The van der Waals surface area contributed by atoms with Gasteiger partial charge in [-0.1, -0.05) is 50.3 Å². The first kappa shape index (κ1) is 37.9. The van der Waals surface area contributed by atoms with Gasteiger partial charge in [0, 0.05) is 51.8 Å². The SMILES string of the molecule is COc1ccc(C2(c3ccc(N4CCOCC4)cc3)C=Cc3c4c(c5cc(OC)c(-c6cc(OC)c(OC)c(OC)c6)cc5c3O2)-c2ccc(C#N)cc2C4(C)C)cc1. The van der Waals surface area contributed by atoms with Gasteiger partial charge in [-0.15, -0.1) is 0 Å². The number of morpholine rings is 1. The van der Waals surface area contributed by atoms with Gasteiger partial charge < -0.3 is 38.1 Å². The van der Waals surface area contributed by atoms with E-state index in [1.54, 1.807) is 35.5 Å². The van der Waals surface area contributed by atoms with Crippen LogP contribution in [-0.2, 0) is 15.8 Å². The molecule has 1 unspecified atom stereocenters. The van der Waals surface area contributed by atoms with Crippen LogP contribution in [0.3, 0.4) is 0 Å². The number of methoxy groups -OCH3 is 5. The Morgan fingerprint density at radius 3 is 1.95 bits per heavy atom. The molecular weight excluding hydrogens is 741 g/mol. The molecule has 1 saturated heterocycles. The molecule has 0 radical (unpaired) electrons. The average molecular weight is 787 g/mol. The van der Waals surface area contributed by atoms with Gasteiger partial charge in [-0.25, -0.2) is 0 Å². The predicted molar refractivity (Wildman–Crippen MR) is 231 cm³/mol. The molecule has 0 amide bonds. The smallest absolute Gasteiger partial charge is 0.203 e. The van der Waals surface area contributed by atoms with E-state index in [9.17, 15) is 5.26 Å². The lowest BCUT2D eigenvalue weighted by Gasteiger charge is -2.39. The van der Waals surface area contributed by atoms with Gasteiger partial charge in [0.05, 0.1) is 60.4 Å². The van der Waals surface area contributed by atoms with Crippen LogP contribution in [0.15, 0.2) is 97.1 Å². The molecule has 2 aliphatic heterocycles. The van der Waals surface area contributed by atoms with Crippen LogP contribution in [0.1, 0.15) is 47.2 Å². The zero-order valence-electron chi connectivity index (χ0n) is 34.4. The second-order valence-electron chi connectivity index (χ2n) is 15.5. The van der Waals surface area contributed by atoms with Crippen molar-refractivity contribution in [3.63, 3.8) is 0 Å². The highest BCUT2D eigenvalue weighted by Crippen LogP contribution is 2.59. The summed E-state index contributed by atoms with van der Waals surface area (Å²) < 4.78 is 42.5. The summed E-state index contributed by atoms with van der Waals surface area (Å²) >= 11 is 0. The molecule has 6 aromatic carbocycles.